The molecule has 7 heteroatoms. The number of rotatable bonds is 9. The molecule has 0 spiro atoms. The van der Waals surface area contributed by atoms with Gasteiger partial charge in [0.15, 0.2) is 23.1 Å². The normalized spacial score (nSPS) is 20.9. The van der Waals surface area contributed by atoms with Gasteiger partial charge in [0.25, 0.3) is 0 Å². The number of hydrogen-bond acceptors (Lipinski definition) is 6. The number of halogens is 1. The molecule has 1 aromatic carbocycles. The first-order valence-corrected chi connectivity index (χ1v) is 14.5. The van der Waals surface area contributed by atoms with Gasteiger partial charge in [-0.3, -0.25) is 9.59 Å². The van der Waals surface area contributed by atoms with E-state index >= 15 is 0 Å². The van der Waals surface area contributed by atoms with Crippen molar-refractivity contribution in [3.05, 3.63) is 56.5 Å². The SMILES string of the molecule is C=CCOc1c(I)cc(C2C3=C(CC(C)(C)CC3=O)N(CCOC)C3=C2C(=O)CC(C)(C)C3)cc1OCC. The van der Waals surface area contributed by atoms with Gasteiger partial charge in [-0.05, 0) is 70.9 Å². The molecule has 0 saturated carbocycles. The van der Waals surface area contributed by atoms with E-state index < -0.39 is 5.92 Å². The molecule has 0 radical (unpaired) electrons. The number of methoxy groups -OCH3 is 1. The number of benzene rings is 1. The van der Waals surface area contributed by atoms with E-state index in [1.807, 2.05) is 19.1 Å². The molecule has 1 aromatic rings. The molecule has 0 bridgehead atoms. The zero-order valence-electron chi connectivity index (χ0n) is 23.5. The Kier molecular flexibility index (Phi) is 8.48. The van der Waals surface area contributed by atoms with Gasteiger partial charge in [-0.2, -0.15) is 0 Å². The lowest BCUT2D eigenvalue weighted by Crippen LogP contribution is -2.45. The van der Waals surface area contributed by atoms with Crippen molar-refractivity contribution in [1.82, 2.24) is 4.90 Å². The maximum Gasteiger partial charge on any atom is 0.174 e. The summed E-state index contributed by atoms with van der Waals surface area (Å²) >= 11 is 2.26. The average molecular weight is 634 g/mol. The van der Waals surface area contributed by atoms with Crippen LogP contribution in [-0.2, 0) is 14.3 Å². The molecular weight excluding hydrogens is 593 g/mol. The topological polar surface area (TPSA) is 65.1 Å². The number of carbonyl (C=O) groups excluding carboxylic acids is 2. The maximum absolute atomic E-state index is 13.9. The van der Waals surface area contributed by atoms with Gasteiger partial charge >= 0.3 is 0 Å². The molecule has 3 aliphatic rings. The van der Waals surface area contributed by atoms with E-state index in [1.165, 1.54) is 0 Å². The van der Waals surface area contributed by atoms with Crippen LogP contribution >= 0.6 is 22.6 Å². The minimum Gasteiger partial charge on any atom is -0.490 e. The summed E-state index contributed by atoms with van der Waals surface area (Å²) in [6.07, 6.45) is 4.16. The highest BCUT2D eigenvalue weighted by molar-refractivity contribution is 14.1. The van der Waals surface area contributed by atoms with Crippen molar-refractivity contribution < 1.29 is 23.8 Å². The minimum absolute atomic E-state index is 0.118. The monoisotopic (exact) mass is 633 g/mol. The molecule has 0 atom stereocenters. The second-order valence-electron chi connectivity index (χ2n) is 12.0. The fraction of sp³-hybridized carbons (Fsp3) is 0.548. The Hall–Kier alpha value is -2.13. The molecule has 2 aliphatic carbocycles. The second kappa shape index (κ2) is 11.2. The van der Waals surface area contributed by atoms with Gasteiger partial charge in [-0.25, -0.2) is 0 Å². The van der Waals surface area contributed by atoms with Crippen LogP contribution in [0.15, 0.2) is 47.3 Å². The smallest absolute Gasteiger partial charge is 0.174 e. The summed E-state index contributed by atoms with van der Waals surface area (Å²) in [5.74, 6) is 1.09. The Balaban J connectivity index is 1.99. The van der Waals surface area contributed by atoms with Crippen LogP contribution in [0.2, 0.25) is 0 Å². The Labute approximate surface area is 240 Å². The van der Waals surface area contributed by atoms with Crippen molar-refractivity contribution in [3.63, 3.8) is 0 Å². The summed E-state index contributed by atoms with van der Waals surface area (Å²) < 4.78 is 18.3. The van der Waals surface area contributed by atoms with Crippen molar-refractivity contribution in [3.8, 4) is 11.5 Å². The lowest BCUT2D eigenvalue weighted by Gasteiger charge is -2.49. The molecule has 0 saturated heterocycles. The highest BCUT2D eigenvalue weighted by atomic mass is 127. The number of Topliss-reactive ketones (excluding diaryl/α,β-unsaturated/α-hetero) is 2. The van der Waals surface area contributed by atoms with Crippen LogP contribution in [0.4, 0.5) is 0 Å². The fourth-order valence-electron chi connectivity index (χ4n) is 6.13. The lowest BCUT2D eigenvalue weighted by molar-refractivity contribution is -0.119. The van der Waals surface area contributed by atoms with Gasteiger partial charge in [0.05, 0.1) is 16.8 Å². The van der Waals surface area contributed by atoms with Crippen molar-refractivity contribution >= 4 is 34.2 Å². The molecule has 1 heterocycles. The third-order valence-electron chi connectivity index (χ3n) is 7.55. The molecule has 0 aromatic heterocycles. The molecule has 206 valence electrons. The van der Waals surface area contributed by atoms with Crippen LogP contribution in [0.5, 0.6) is 11.5 Å². The number of ketones is 2. The summed E-state index contributed by atoms with van der Waals surface area (Å²) in [6, 6.07) is 4.02. The van der Waals surface area contributed by atoms with Crippen LogP contribution in [-0.4, -0.2) is 49.9 Å². The predicted molar refractivity (Wildman–Crippen MR) is 157 cm³/mol. The number of ether oxygens (including phenoxy) is 3. The zero-order valence-corrected chi connectivity index (χ0v) is 25.7. The van der Waals surface area contributed by atoms with Crippen LogP contribution in [0.1, 0.15) is 71.8 Å². The van der Waals surface area contributed by atoms with E-state index in [-0.39, 0.29) is 22.4 Å². The Morgan fingerprint density at radius 3 is 2.08 bits per heavy atom. The molecule has 6 nitrogen and oxygen atoms in total. The number of hydrogen-bond donors (Lipinski definition) is 0. The standard InChI is InChI=1S/C31H40INO5/c1-8-11-38-29-20(32)13-19(14-25(29)37-9-2)26-27-21(15-30(3,4)17-23(27)34)33(10-12-36-7)22-16-31(5,6)18-24(35)28(22)26/h8,13-14,26H,1,9-12,15-18H2,2-7H3. The minimum atomic E-state index is -0.424. The van der Waals surface area contributed by atoms with Crippen LogP contribution in [0, 0.1) is 14.4 Å². The molecular formula is C31H40INO5. The Bertz CT molecular complexity index is 1150. The number of nitrogens with zero attached hydrogens (tertiary/aromatic N) is 1. The molecule has 1 aliphatic heterocycles. The average Bonchev–Trinajstić information content (AvgIpc) is 2.80. The van der Waals surface area contributed by atoms with Gasteiger partial charge in [-0.15, -0.1) is 0 Å². The molecule has 4 rings (SSSR count). The highest BCUT2D eigenvalue weighted by Crippen LogP contribution is 2.55. The summed E-state index contributed by atoms with van der Waals surface area (Å²) in [7, 11) is 1.69. The van der Waals surface area contributed by atoms with Crippen molar-refractivity contribution in [2.75, 3.05) is 33.5 Å². The summed E-state index contributed by atoms with van der Waals surface area (Å²) in [6.45, 7) is 16.3. The van der Waals surface area contributed by atoms with E-state index in [0.717, 1.165) is 44.5 Å². The quantitative estimate of drug-likeness (QED) is 0.226. The first kappa shape index (κ1) is 28.9. The Morgan fingerprint density at radius 1 is 1.00 bits per heavy atom. The molecule has 0 fully saturated rings. The summed E-state index contributed by atoms with van der Waals surface area (Å²) in [4.78, 5) is 30.1. The fourth-order valence-corrected chi connectivity index (χ4v) is 6.91. The number of allylic oxidation sites excluding steroid dienone is 4. The van der Waals surface area contributed by atoms with Crippen molar-refractivity contribution in [2.45, 2.75) is 66.2 Å². The van der Waals surface area contributed by atoms with Crippen molar-refractivity contribution in [2.24, 2.45) is 10.8 Å². The lowest BCUT2D eigenvalue weighted by atomic mass is 9.63. The second-order valence-corrected chi connectivity index (χ2v) is 13.2. The zero-order chi connectivity index (χ0) is 27.8. The molecule has 0 N–H and O–H groups in total. The summed E-state index contributed by atoms with van der Waals surface area (Å²) in [5, 5.41) is 0. The van der Waals surface area contributed by atoms with Crippen LogP contribution < -0.4 is 9.47 Å². The maximum atomic E-state index is 13.9. The third-order valence-corrected chi connectivity index (χ3v) is 8.35. The third kappa shape index (κ3) is 5.60. The largest absolute Gasteiger partial charge is 0.490 e. The van der Waals surface area contributed by atoms with E-state index in [9.17, 15) is 9.59 Å². The van der Waals surface area contributed by atoms with Gasteiger partial charge in [-0.1, -0.05) is 40.3 Å². The van der Waals surface area contributed by atoms with Gasteiger partial charge < -0.3 is 19.1 Å². The first-order valence-electron chi connectivity index (χ1n) is 13.4. The van der Waals surface area contributed by atoms with E-state index in [4.69, 9.17) is 14.2 Å². The predicted octanol–water partition coefficient (Wildman–Crippen LogP) is 6.59. The number of carbonyl (C=O) groups is 2. The van der Waals surface area contributed by atoms with Gasteiger partial charge in [0.2, 0.25) is 0 Å². The Morgan fingerprint density at radius 2 is 1.58 bits per heavy atom. The van der Waals surface area contributed by atoms with E-state index in [0.29, 0.717) is 50.7 Å². The molecule has 0 amide bonds. The van der Waals surface area contributed by atoms with Gasteiger partial charge in [0.1, 0.15) is 6.61 Å². The highest BCUT2D eigenvalue weighted by Gasteiger charge is 2.49. The molecule has 0 unspecified atom stereocenters. The van der Waals surface area contributed by atoms with Crippen LogP contribution in [0.25, 0.3) is 0 Å². The van der Waals surface area contributed by atoms with E-state index in [2.05, 4.69) is 61.8 Å². The van der Waals surface area contributed by atoms with Crippen LogP contribution in [0.3, 0.4) is 0 Å². The molecule has 38 heavy (non-hydrogen) atoms. The summed E-state index contributed by atoms with van der Waals surface area (Å²) in [5.41, 5.74) is 4.17. The van der Waals surface area contributed by atoms with Gasteiger partial charge in [0, 0.05) is 55.0 Å². The first-order chi connectivity index (χ1) is 17.9. The van der Waals surface area contributed by atoms with Crippen molar-refractivity contribution in [1.29, 1.82) is 0 Å². The van der Waals surface area contributed by atoms with E-state index in [1.54, 1.807) is 13.2 Å².